The van der Waals surface area contributed by atoms with Crippen LogP contribution in [0.2, 0.25) is 0 Å². The van der Waals surface area contributed by atoms with E-state index in [0.29, 0.717) is 0 Å². The molecule has 3 heterocycles. The van der Waals surface area contributed by atoms with Crippen LogP contribution >= 0.6 is 0 Å². The second-order valence-electron chi connectivity index (χ2n) is 11.2. The van der Waals surface area contributed by atoms with E-state index >= 15 is 0 Å². The summed E-state index contributed by atoms with van der Waals surface area (Å²) < 4.78 is 4.74. The molecule has 3 nitrogen and oxygen atoms in total. The highest BCUT2D eigenvalue weighted by Gasteiger charge is 2.26. The van der Waals surface area contributed by atoms with Gasteiger partial charge in [0.2, 0.25) is 0 Å². The van der Waals surface area contributed by atoms with Gasteiger partial charge in [-0.15, -0.1) is 0 Å². The highest BCUT2D eigenvalue weighted by atomic mass is 15.1. The quantitative estimate of drug-likeness (QED) is 0.217. The van der Waals surface area contributed by atoms with Crippen LogP contribution in [-0.4, -0.2) is 14.1 Å². The second kappa shape index (κ2) is 7.96. The van der Waals surface area contributed by atoms with E-state index in [9.17, 15) is 0 Å². The number of hydrogen-bond acceptors (Lipinski definition) is 1. The Morgan fingerprint density at radius 2 is 1.14 bits per heavy atom. The van der Waals surface area contributed by atoms with Crippen molar-refractivity contribution in [3.63, 3.8) is 0 Å². The molecule has 3 heteroatoms. The third-order valence-corrected chi connectivity index (χ3v) is 9.08. The molecule has 0 aliphatic heterocycles. The summed E-state index contributed by atoms with van der Waals surface area (Å²) in [4.78, 5) is 4.79. The summed E-state index contributed by atoms with van der Waals surface area (Å²) in [5.74, 6) is 0.937. The zero-order chi connectivity index (χ0) is 27.4. The molecule has 0 saturated heterocycles. The van der Waals surface area contributed by atoms with Crippen LogP contribution in [0.5, 0.6) is 0 Å². The zero-order valence-corrected chi connectivity index (χ0v) is 22.6. The Kier molecular flexibility index (Phi) is 4.18. The summed E-state index contributed by atoms with van der Waals surface area (Å²) in [5.41, 5.74) is 11.1. The monoisotopic (exact) mass is 533 g/mol. The van der Waals surface area contributed by atoms with Crippen LogP contribution in [0, 0.1) is 0 Å². The summed E-state index contributed by atoms with van der Waals surface area (Å²) in [6.07, 6.45) is 1.88. The van der Waals surface area contributed by atoms with E-state index < -0.39 is 0 Å². The van der Waals surface area contributed by atoms with E-state index in [-0.39, 0.29) is 0 Å². The molecule has 42 heavy (non-hydrogen) atoms. The molecule has 0 unspecified atom stereocenters. The van der Waals surface area contributed by atoms with Crippen molar-refractivity contribution in [2.75, 3.05) is 0 Å². The lowest BCUT2D eigenvalue weighted by molar-refractivity contribution is 1.08. The third-order valence-electron chi connectivity index (χ3n) is 9.08. The van der Waals surface area contributed by atoms with Gasteiger partial charge < -0.3 is 4.57 Å². The molecule has 0 radical (unpaired) electrons. The maximum atomic E-state index is 4.79. The first-order valence-electron chi connectivity index (χ1n) is 14.4. The van der Waals surface area contributed by atoms with E-state index in [1.807, 2.05) is 12.3 Å². The lowest BCUT2D eigenvalue weighted by Gasteiger charge is -2.15. The standard InChI is InChI=1S/C39H23N3/c1-2-11-25(12-3-1)41-32-16-5-4-13-26(32)31-22-29-27-14-8-10-24-19-20-34-39(37(24)27)38-28(30(29)23-35(31)41)15-9-17-33(38)42(34)36-18-6-7-21-40-36/h1-23H. The molecule has 0 spiro atoms. The van der Waals surface area contributed by atoms with Crippen molar-refractivity contribution in [1.29, 1.82) is 0 Å². The fourth-order valence-electron chi connectivity index (χ4n) is 7.42. The summed E-state index contributed by atoms with van der Waals surface area (Å²) in [7, 11) is 0. The van der Waals surface area contributed by atoms with Crippen LogP contribution < -0.4 is 0 Å². The van der Waals surface area contributed by atoms with E-state index in [1.54, 1.807) is 0 Å². The molecule has 9 aromatic rings. The molecule has 1 aliphatic carbocycles. The lowest BCUT2D eigenvalue weighted by atomic mass is 9.91. The Morgan fingerprint density at radius 3 is 2.02 bits per heavy atom. The molecule has 0 fully saturated rings. The molecule has 0 amide bonds. The van der Waals surface area contributed by atoms with E-state index in [2.05, 4.69) is 137 Å². The number of aromatic nitrogens is 3. The fraction of sp³-hybridized carbons (Fsp3) is 0. The summed E-state index contributed by atoms with van der Waals surface area (Å²) >= 11 is 0. The van der Waals surface area contributed by atoms with Crippen molar-refractivity contribution < 1.29 is 0 Å². The first kappa shape index (κ1) is 22.1. The second-order valence-corrected chi connectivity index (χ2v) is 11.2. The number of fused-ring (bicyclic) bond motifs is 6. The Balaban J connectivity index is 1.44. The number of hydrogen-bond donors (Lipinski definition) is 0. The number of pyridine rings is 1. The molecular formula is C39H23N3. The van der Waals surface area contributed by atoms with Gasteiger partial charge in [0.05, 0.1) is 22.1 Å². The maximum absolute atomic E-state index is 4.79. The third kappa shape index (κ3) is 2.72. The van der Waals surface area contributed by atoms with Crippen molar-refractivity contribution in [2.45, 2.75) is 0 Å². The van der Waals surface area contributed by atoms with Gasteiger partial charge in [0, 0.05) is 33.4 Å². The van der Waals surface area contributed by atoms with E-state index in [1.165, 1.54) is 82.3 Å². The van der Waals surface area contributed by atoms with Crippen molar-refractivity contribution in [2.24, 2.45) is 0 Å². The van der Waals surface area contributed by atoms with Gasteiger partial charge in [0.15, 0.2) is 0 Å². The van der Waals surface area contributed by atoms with Gasteiger partial charge in [-0.25, -0.2) is 4.98 Å². The van der Waals surface area contributed by atoms with Crippen LogP contribution in [0.3, 0.4) is 0 Å². The van der Waals surface area contributed by atoms with Crippen molar-refractivity contribution in [3.8, 4) is 33.8 Å². The van der Waals surface area contributed by atoms with Crippen LogP contribution in [-0.2, 0) is 0 Å². The normalized spacial score (nSPS) is 12.3. The largest absolute Gasteiger partial charge is 0.309 e. The van der Waals surface area contributed by atoms with E-state index in [4.69, 9.17) is 4.98 Å². The maximum Gasteiger partial charge on any atom is 0.137 e. The molecule has 3 aromatic heterocycles. The molecule has 194 valence electrons. The molecule has 1 aliphatic rings. The molecule has 0 atom stereocenters. The highest BCUT2D eigenvalue weighted by molar-refractivity contribution is 6.31. The topological polar surface area (TPSA) is 22.8 Å². The van der Waals surface area contributed by atoms with Crippen molar-refractivity contribution in [3.05, 3.63) is 140 Å². The van der Waals surface area contributed by atoms with Crippen LogP contribution in [0.15, 0.2) is 140 Å². The van der Waals surface area contributed by atoms with Crippen molar-refractivity contribution in [1.82, 2.24) is 14.1 Å². The highest BCUT2D eigenvalue weighted by Crippen LogP contribution is 2.51. The number of rotatable bonds is 2. The number of nitrogens with zero attached hydrogens (tertiary/aromatic N) is 3. The number of para-hydroxylation sites is 2. The minimum absolute atomic E-state index is 0.937. The van der Waals surface area contributed by atoms with Gasteiger partial charge in [0.25, 0.3) is 0 Å². The van der Waals surface area contributed by atoms with Gasteiger partial charge in [-0.05, 0) is 87.6 Å². The molecule has 0 N–H and O–H groups in total. The predicted molar refractivity (Wildman–Crippen MR) is 175 cm³/mol. The first-order chi connectivity index (χ1) is 20.9. The molecule has 0 saturated carbocycles. The number of benzene rings is 6. The van der Waals surface area contributed by atoms with Gasteiger partial charge in [-0.3, -0.25) is 4.57 Å². The summed E-state index contributed by atoms with van der Waals surface area (Å²) in [6.45, 7) is 0. The first-order valence-corrected chi connectivity index (χ1v) is 14.4. The van der Waals surface area contributed by atoms with Gasteiger partial charge >= 0.3 is 0 Å². The molecule has 0 bridgehead atoms. The van der Waals surface area contributed by atoms with Crippen LogP contribution in [0.1, 0.15) is 0 Å². The predicted octanol–water partition coefficient (Wildman–Crippen LogP) is 10.1. The van der Waals surface area contributed by atoms with Crippen molar-refractivity contribution >= 4 is 54.4 Å². The van der Waals surface area contributed by atoms with Crippen LogP contribution in [0.4, 0.5) is 0 Å². The molecule has 10 rings (SSSR count). The minimum atomic E-state index is 0.937. The average molecular weight is 534 g/mol. The Labute approximate surface area is 241 Å². The smallest absolute Gasteiger partial charge is 0.137 e. The zero-order valence-electron chi connectivity index (χ0n) is 22.6. The lowest BCUT2D eigenvalue weighted by Crippen LogP contribution is -1.97. The average Bonchev–Trinajstić information content (AvgIpc) is 3.53. The molecule has 6 aromatic carbocycles. The Hall–Kier alpha value is -5.67. The summed E-state index contributed by atoms with van der Waals surface area (Å²) in [5, 5.41) is 7.70. The van der Waals surface area contributed by atoms with Gasteiger partial charge in [-0.1, -0.05) is 78.9 Å². The Morgan fingerprint density at radius 1 is 0.405 bits per heavy atom. The van der Waals surface area contributed by atoms with Gasteiger partial charge in [0.1, 0.15) is 5.82 Å². The molecular weight excluding hydrogens is 510 g/mol. The van der Waals surface area contributed by atoms with E-state index in [0.717, 1.165) is 5.82 Å². The van der Waals surface area contributed by atoms with Gasteiger partial charge in [-0.2, -0.15) is 0 Å². The minimum Gasteiger partial charge on any atom is -0.309 e. The Bertz CT molecular complexity index is 2550. The SMILES string of the molecule is c1ccc(-n2c3ccccc3c3cc4c(cc32)-c2cccc3c2c2c5c-4cccc5ccc2n3-c2ccccn2)cc1. The fourth-order valence-corrected chi connectivity index (χ4v) is 7.42. The summed E-state index contributed by atoms with van der Waals surface area (Å²) in [6, 6.07) is 48.6. The van der Waals surface area contributed by atoms with Crippen LogP contribution in [0.25, 0.3) is 88.1 Å².